The summed E-state index contributed by atoms with van der Waals surface area (Å²) in [5, 5.41) is 2.53. The maximum Gasteiger partial charge on any atom is 0.312 e. The van der Waals surface area contributed by atoms with E-state index in [0.29, 0.717) is 13.2 Å². The lowest BCUT2D eigenvalue weighted by Gasteiger charge is -2.06. The molecule has 16 heavy (non-hydrogen) atoms. The summed E-state index contributed by atoms with van der Waals surface area (Å²) in [5.74, 6) is 0. The molecule has 0 saturated carbocycles. The Balaban J connectivity index is 2.60. The molecule has 0 saturated heterocycles. The van der Waals surface area contributed by atoms with Crippen LogP contribution in [0.25, 0.3) is 5.57 Å². The van der Waals surface area contributed by atoms with Crippen LogP contribution in [0.3, 0.4) is 0 Å². The van der Waals surface area contributed by atoms with Crippen LogP contribution in [0.15, 0.2) is 30.8 Å². The first kappa shape index (κ1) is 12.3. The van der Waals surface area contributed by atoms with Gasteiger partial charge in [0.15, 0.2) is 0 Å². The molecular formula is C12H16N2O2. The van der Waals surface area contributed by atoms with Gasteiger partial charge in [-0.05, 0) is 16.7 Å². The Labute approximate surface area is 95.1 Å². The molecule has 0 aliphatic carbocycles. The highest BCUT2D eigenvalue weighted by Gasteiger charge is 1.99. The van der Waals surface area contributed by atoms with Gasteiger partial charge in [-0.25, -0.2) is 4.79 Å². The number of benzene rings is 1. The quantitative estimate of drug-likeness (QED) is 0.790. The van der Waals surface area contributed by atoms with Crippen LogP contribution in [0.4, 0.5) is 4.79 Å². The van der Waals surface area contributed by atoms with Gasteiger partial charge in [0, 0.05) is 13.7 Å². The van der Waals surface area contributed by atoms with Gasteiger partial charge in [0.2, 0.25) is 0 Å². The molecule has 0 atom stereocenters. The fraction of sp³-hybridized carbons (Fsp3) is 0.250. The summed E-state index contributed by atoms with van der Waals surface area (Å²) < 4.78 is 4.99. The van der Waals surface area contributed by atoms with Crippen molar-refractivity contribution in [1.82, 2.24) is 5.32 Å². The van der Waals surface area contributed by atoms with Crippen LogP contribution in [-0.4, -0.2) is 19.7 Å². The molecule has 4 heteroatoms. The number of nitrogens with one attached hydrogen (secondary N) is 1. The van der Waals surface area contributed by atoms with Crippen LogP contribution in [0.5, 0.6) is 0 Å². The molecule has 4 nitrogen and oxygen atoms in total. The van der Waals surface area contributed by atoms with Crippen LogP contribution < -0.4 is 11.1 Å². The maximum atomic E-state index is 10.5. The van der Waals surface area contributed by atoms with Gasteiger partial charge in [-0.15, -0.1) is 0 Å². The first-order valence-electron chi connectivity index (χ1n) is 4.93. The highest BCUT2D eigenvalue weighted by molar-refractivity contribution is 5.71. The Hall–Kier alpha value is -1.81. The summed E-state index contributed by atoms with van der Waals surface area (Å²) in [4.78, 5) is 10.5. The van der Waals surface area contributed by atoms with Gasteiger partial charge < -0.3 is 15.8 Å². The van der Waals surface area contributed by atoms with Gasteiger partial charge in [-0.2, -0.15) is 0 Å². The molecule has 0 aromatic heterocycles. The summed E-state index contributed by atoms with van der Waals surface area (Å²) in [5.41, 5.74) is 7.93. The highest BCUT2D eigenvalue weighted by atomic mass is 16.5. The second-order valence-corrected chi connectivity index (χ2v) is 3.45. The number of ether oxygens (including phenoxy) is 1. The molecule has 1 aromatic carbocycles. The van der Waals surface area contributed by atoms with Gasteiger partial charge in [-0.1, -0.05) is 30.8 Å². The first-order chi connectivity index (χ1) is 7.63. The molecule has 0 fully saturated rings. The lowest BCUT2D eigenvalue weighted by Crippen LogP contribution is -2.28. The van der Waals surface area contributed by atoms with Crippen molar-refractivity contribution < 1.29 is 9.53 Å². The smallest absolute Gasteiger partial charge is 0.312 e. The van der Waals surface area contributed by atoms with E-state index in [2.05, 4.69) is 11.9 Å². The summed E-state index contributed by atoms with van der Waals surface area (Å²) >= 11 is 0. The molecule has 1 aromatic rings. The van der Waals surface area contributed by atoms with Crippen molar-refractivity contribution in [1.29, 1.82) is 0 Å². The number of primary amides is 1. The van der Waals surface area contributed by atoms with E-state index >= 15 is 0 Å². The number of urea groups is 1. The van der Waals surface area contributed by atoms with Gasteiger partial charge in [0.05, 0.1) is 6.61 Å². The van der Waals surface area contributed by atoms with Gasteiger partial charge >= 0.3 is 6.03 Å². The van der Waals surface area contributed by atoms with E-state index in [-0.39, 0.29) is 0 Å². The minimum atomic E-state index is -0.520. The molecule has 0 radical (unpaired) electrons. The molecule has 2 amide bonds. The Bertz CT molecular complexity index is 371. The van der Waals surface area contributed by atoms with Gasteiger partial charge in [0.25, 0.3) is 0 Å². The summed E-state index contributed by atoms with van der Waals surface area (Å²) in [6, 6.07) is 7.21. The zero-order chi connectivity index (χ0) is 12.0. The standard InChI is InChI=1S/C12H16N2O2/c1-9(8-16-2)11-5-3-10(4-6-11)7-14-12(13)15/h3-6H,1,7-8H2,2H3,(H3,13,14,15). The van der Waals surface area contributed by atoms with Gasteiger partial charge in [0.1, 0.15) is 0 Å². The second-order valence-electron chi connectivity index (χ2n) is 3.45. The van der Waals surface area contributed by atoms with E-state index in [1.54, 1.807) is 7.11 Å². The fourth-order valence-corrected chi connectivity index (χ4v) is 1.31. The minimum Gasteiger partial charge on any atom is -0.380 e. The zero-order valence-corrected chi connectivity index (χ0v) is 9.32. The van der Waals surface area contributed by atoms with E-state index in [1.165, 1.54) is 0 Å². The molecule has 0 bridgehead atoms. The molecule has 0 spiro atoms. The Morgan fingerprint density at radius 2 is 2.06 bits per heavy atom. The van der Waals surface area contributed by atoms with E-state index in [4.69, 9.17) is 10.5 Å². The molecule has 1 rings (SSSR count). The average molecular weight is 220 g/mol. The number of hydrogen-bond acceptors (Lipinski definition) is 2. The fourth-order valence-electron chi connectivity index (χ4n) is 1.31. The molecule has 86 valence electrons. The van der Waals surface area contributed by atoms with Crippen molar-refractivity contribution in [3.63, 3.8) is 0 Å². The Morgan fingerprint density at radius 1 is 1.44 bits per heavy atom. The highest BCUT2D eigenvalue weighted by Crippen LogP contribution is 2.13. The van der Waals surface area contributed by atoms with Crippen LogP contribution >= 0.6 is 0 Å². The van der Waals surface area contributed by atoms with Crippen LogP contribution in [0, 0.1) is 0 Å². The molecule has 0 unspecified atom stereocenters. The Kier molecular flexibility index (Phi) is 4.54. The monoisotopic (exact) mass is 220 g/mol. The van der Waals surface area contributed by atoms with E-state index in [1.807, 2.05) is 24.3 Å². The normalized spacial score (nSPS) is 9.81. The molecule has 0 heterocycles. The molecule has 3 N–H and O–H groups in total. The lowest BCUT2D eigenvalue weighted by atomic mass is 10.1. The first-order valence-corrected chi connectivity index (χ1v) is 4.93. The van der Waals surface area contributed by atoms with E-state index < -0.39 is 6.03 Å². The topological polar surface area (TPSA) is 64.3 Å². The predicted molar refractivity (Wildman–Crippen MR) is 63.8 cm³/mol. The second kappa shape index (κ2) is 5.92. The van der Waals surface area contributed by atoms with E-state index in [9.17, 15) is 4.79 Å². The van der Waals surface area contributed by atoms with Crippen molar-refractivity contribution >= 4 is 11.6 Å². The van der Waals surface area contributed by atoms with Gasteiger partial charge in [-0.3, -0.25) is 0 Å². The van der Waals surface area contributed by atoms with Crippen molar-refractivity contribution in [3.05, 3.63) is 42.0 Å². The SMILES string of the molecule is C=C(COC)c1ccc(CNC(N)=O)cc1. The zero-order valence-electron chi connectivity index (χ0n) is 9.32. The van der Waals surface area contributed by atoms with Crippen molar-refractivity contribution in [2.75, 3.05) is 13.7 Å². The van der Waals surface area contributed by atoms with E-state index in [0.717, 1.165) is 16.7 Å². The summed E-state index contributed by atoms with van der Waals surface area (Å²) in [7, 11) is 1.64. The third-order valence-corrected chi connectivity index (χ3v) is 2.15. The molecule has 0 aliphatic rings. The predicted octanol–water partition coefficient (Wildman–Crippen LogP) is 1.51. The van der Waals surface area contributed by atoms with Crippen molar-refractivity contribution in [2.24, 2.45) is 5.73 Å². The van der Waals surface area contributed by atoms with Crippen LogP contribution in [0.1, 0.15) is 11.1 Å². The largest absolute Gasteiger partial charge is 0.380 e. The summed E-state index contributed by atoms with van der Waals surface area (Å²) in [6.45, 7) is 4.85. The Morgan fingerprint density at radius 3 is 2.56 bits per heavy atom. The van der Waals surface area contributed by atoms with Crippen molar-refractivity contribution in [3.8, 4) is 0 Å². The van der Waals surface area contributed by atoms with Crippen LogP contribution in [-0.2, 0) is 11.3 Å². The third-order valence-electron chi connectivity index (χ3n) is 2.15. The lowest BCUT2D eigenvalue weighted by molar-refractivity contribution is 0.240. The van der Waals surface area contributed by atoms with Crippen molar-refractivity contribution in [2.45, 2.75) is 6.54 Å². The molecular weight excluding hydrogens is 204 g/mol. The number of amides is 2. The minimum absolute atomic E-state index is 0.437. The number of hydrogen-bond donors (Lipinski definition) is 2. The number of methoxy groups -OCH3 is 1. The molecule has 0 aliphatic heterocycles. The average Bonchev–Trinajstić information content (AvgIpc) is 2.27. The third kappa shape index (κ3) is 3.74. The number of nitrogens with two attached hydrogens (primary N) is 1. The number of carbonyl (C=O) groups excluding carboxylic acids is 1. The number of rotatable bonds is 5. The maximum absolute atomic E-state index is 10.5. The van der Waals surface area contributed by atoms with Crippen LogP contribution in [0.2, 0.25) is 0 Å². The number of carbonyl (C=O) groups is 1. The summed E-state index contributed by atoms with van der Waals surface area (Å²) in [6.07, 6.45) is 0.